The summed E-state index contributed by atoms with van der Waals surface area (Å²) in [6.07, 6.45) is -5.61. The molecule has 0 N–H and O–H groups in total. The highest BCUT2D eigenvalue weighted by Gasteiger charge is 2.52. The lowest BCUT2D eigenvalue weighted by molar-refractivity contribution is -0.275. The van der Waals surface area contributed by atoms with Gasteiger partial charge in [0.2, 0.25) is 20.0 Å². The summed E-state index contributed by atoms with van der Waals surface area (Å²) in [7, 11) is -8.66. The minimum atomic E-state index is -5.03. The monoisotopic (exact) mass is 654 g/mol. The largest absolute Gasteiger partial charge is 0.573 e. The Morgan fingerprint density at radius 3 is 1.74 bits per heavy atom. The summed E-state index contributed by atoms with van der Waals surface area (Å²) in [5.41, 5.74) is -1.47. The summed E-state index contributed by atoms with van der Waals surface area (Å²) in [6, 6.07) is 7.72. The molecule has 2 fully saturated rings. The molecule has 0 saturated carbocycles. The second-order valence-corrected chi connectivity index (χ2v) is 12.6. The molecule has 4 rings (SSSR count). The Morgan fingerprint density at radius 1 is 0.837 bits per heavy atom. The lowest BCUT2D eigenvalue weighted by atomic mass is 10.0. The maximum Gasteiger partial charge on any atom is 0.573 e. The Hall–Kier alpha value is -3.48. The summed E-state index contributed by atoms with van der Waals surface area (Å²) in [4.78, 5) is -0.922. The van der Waals surface area contributed by atoms with Crippen LogP contribution in [0.4, 0.5) is 26.3 Å². The Balaban J connectivity index is 0.000000934. The van der Waals surface area contributed by atoms with Gasteiger partial charge in [0.05, 0.1) is 16.4 Å². The lowest BCUT2D eigenvalue weighted by Crippen LogP contribution is -2.55. The zero-order valence-corrected chi connectivity index (χ0v) is 23.9. The molecule has 2 aromatic carbocycles. The second kappa shape index (κ2) is 13.0. The summed E-state index contributed by atoms with van der Waals surface area (Å²) in [5, 5.41) is 0. The number of halogens is 6. The van der Waals surface area contributed by atoms with Gasteiger partial charge >= 0.3 is 12.7 Å². The molecule has 1 spiro atoms. The number of benzene rings is 2. The van der Waals surface area contributed by atoms with Crippen molar-refractivity contribution in [3.63, 3.8) is 0 Å². The number of sulfonamides is 2. The highest BCUT2D eigenvalue weighted by molar-refractivity contribution is 7.89. The average Bonchev–Trinajstić information content (AvgIpc) is 3.32. The zero-order valence-electron chi connectivity index (χ0n) is 22.3. The van der Waals surface area contributed by atoms with Gasteiger partial charge in [-0.05, 0) is 43.0 Å². The Labute approximate surface area is 244 Å². The third kappa shape index (κ3) is 8.55. The van der Waals surface area contributed by atoms with E-state index in [-0.39, 0.29) is 39.1 Å². The summed E-state index contributed by atoms with van der Waals surface area (Å²) in [5.74, 6) is 5.62. The predicted molar refractivity (Wildman–Crippen MR) is 139 cm³/mol. The molecule has 0 amide bonds. The maximum absolute atomic E-state index is 13.3. The van der Waals surface area contributed by atoms with E-state index in [4.69, 9.17) is 11.2 Å². The predicted octanol–water partition coefficient (Wildman–Crippen LogP) is 4.33. The van der Waals surface area contributed by atoms with Crippen LogP contribution in [-0.4, -0.2) is 70.1 Å². The summed E-state index contributed by atoms with van der Waals surface area (Å²) in [6.45, 7) is 1.06. The van der Waals surface area contributed by atoms with Gasteiger partial charge in [-0.3, -0.25) is 0 Å². The number of hydrogen-bond donors (Lipinski definition) is 0. The van der Waals surface area contributed by atoms with E-state index in [2.05, 4.69) is 27.2 Å². The molecule has 0 radical (unpaired) electrons. The molecule has 0 aromatic heterocycles. The van der Waals surface area contributed by atoms with E-state index in [9.17, 15) is 43.2 Å². The number of rotatable bonds is 6. The Bertz CT molecular complexity index is 1620. The fourth-order valence-corrected chi connectivity index (χ4v) is 7.65. The molecule has 2 aliphatic heterocycles. The average molecular weight is 655 g/mol. The third-order valence-corrected chi connectivity index (χ3v) is 9.96. The van der Waals surface area contributed by atoms with Gasteiger partial charge in [0.25, 0.3) is 0 Å². The molecule has 9 nitrogen and oxygen atoms in total. The van der Waals surface area contributed by atoms with Crippen LogP contribution in [0.25, 0.3) is 0 Å². The van der Waals surface area contributed by atoms with Gasteiger partial charge in [0.1, 0.15) is 17.2 Å². The van der Waals surface area contributed by atoms with Gasteiger partial charge in [-0.2, -0.15) is 8.61 Å². The number of terminal acetylenes is 1. The first-order valence-corrected chi connectivity index (χ1v) is 15.1. The van der Waals surface area contributed by atoms with E-state index in [0.29, 0.717) is 0 Å². The van der Waals surface area contributed by atoms with Crippen LogP contribution in [0, 0.1) is 24.2 Å². The lowest BCUT2D eigenvalue weighted by Gasteiger charge is -2.42. The number of hydrogen-bond acceptors (Lipinski definition) is 7. The first kappa shape index (κ1) is 34.0. The first-order chi connectivity index (χ1) is 19.9. The minimum Gasteiger partial charge on any atom is -0.406 e. The van der Waals surface area contributed by atoms with Crippen LogP contribution in [0.2, 0.25) is 0 Å². The van der Waals surface area contributed by atoms with Crippen LogP contribution in [0.15, 0.2) is 58.3 Å². The molecular formula is C26H24F6N2O7S2. The highest BCUT2D eigenvalue weighted by Crippen LogP contribution is 2.40. The SMILES string of the molecule is C#CC#CC.O=S(=O)(c1cccc(OC(F)(F)F)c1)N1CCC2(CC1)OCCN2S(=O)(=O)c1cccc(OC(F)(F)F)c1. The fraction of sp³-hybridized carbons (Fsp3) is 0.385. The molecule has 17 heteroatoms. The van der Waals surface area contributed by atoms with Crippen molar-refractivity contribution in [2.45, 2.75) is 48.0 Å². The normalized spacial score (nSPS) is 17.6. The van der Waals surface area contributed by atoms with Gasteiger partial charge in [0.15, 0.2) is 0 Å². The van der Waals surface area contributed by atoms with Gasteiger partial charge in [-0.25, -0.2) is 16.8 Å². The minimum absolute atomic E-state index is 0.0401. The van der Waals surface area contributed by atoms with Crippen molar-refractivity contribution in [2.24, 2.45) is 0 Å². The molecule has 0 atom stereocenters. The third-order valence-electron chi connectivity index (χ3n) is 6.12. The number of piperidine rings is 1. The quantitative estimate of drug-likeness (QED) is 0.338. The molecule has 0 unspecified atom stereocenters. The standard InChI is InChI=1S/C21H20F6N2O7S2.C5H4/c22-20(23,24)35-15-3-1-5-17(13-15)37(30,31)28-9-7-19(8-10-28)29(11-12-34-19)38(32,33)18-6-2-4-16(14-18)36-21(25,26)27;1-3-5-4-2/h1-6,13-14H,7-12H2;1H,2H3. The molecule has 2 aliphatic rings. The van der Waals surface area contributed by atoms with Crippen LogP contribution in [0.1, 0.15) is 19.8 Å². The molecule has 43 heavy (non-hydrogen) atoms. The van der Waals surface area contributed by atoms with Crippen molar-refractivity contribution in [1.29, 1.82) is 0 Å². The van der Waals surface area contributed by atoms with E-state index < -0.39 is 59.8 Å². The highest BCUT2D eigenvalue weighted by atomic mass is 32.2. The Kier molecular flexibility index (Phi) is 10.3. The van der Waals surface area contributed by atoms with Crippen LogP contribution in [0.5, 0.6) is 11.5 Å². The van der Waals surface area contributed by atoms with Crippen LogP contribution < -0.4 is 9.47 Å². The molecule has 0 aliphatic carbocycles. The van der Waals surface area contributed by atoms with E-state index in [1.54, 1.807) is 6.92 Å². The van der Waals surface area contributed by atoms with Crippen molar-refractivity contribution < 1.29 is 57.4 Å². The van der Waals surface area contributed by atoms with Crippen LogP contribution >= 0.6 is 0 Å². The topological polar surface area (TPSA) is 102 Å². The molecule has 234 valence electrons. The fourth-order valence-electron chi connectivity index (χ4n) is 4.42. The van der Waals surface area contributed by atoms with Crippen molar-refractivity contribution in [3.8, 4) is 35.7 Å². The van der Waals surface area contributed by atoms with E-state index in [1.807, 2.05) is 0 Å². The molecule has 0 bridgehead atoms. The van der Waals surface area contributed by atoms with E-state index in [0.717, 1.165) is 57.1 Å². The van der Waals surface area contributed by atoms with Crippen LogP contribution in [-0.2, 0) is 24.8 Å². The number of alkyl halides is 6. The summed E-state index contributed by atoms with van der Waals surface area (Å²) < 4.78 is 144. The zero-order chi connectivity index (χ0) is 32.1. The first-order valence-electron chi connectivity index (χ1n) is 12.2. The van der Waals surface area contributed by atoms with E-state index in [1.165, 1.54) is 0 Å². The van der Waals surface area contributed by atoms with Crippen molar-refractivity contribution in [3.05, 3.63) is 48.5 Å². The van der Waals surface area contributed by atoms with Crippen molar-refractivity contribution >= 4 is 20.0 Å². The molecule has 2 heterocycles. The van der Waals surface area contributed by atoms with Gasteiger partial charge < -0.3 is 14.2 Å². The van der Waals surface area contributed by atoms with Gasteiger partial charge in [-0.1, -0.05) is 18.1 Å². The van der Waals surface area contributed by atoms with Crippen molar-refractivity contribution in [1.82, 2.24) is 8.61 Å². The number of ether oxygens (including phenoxy) is 3. The second-order valence-electron chi connectivity index (χ2n) is 8.84. The molecule has 2 aromatic rings. The van der Waals surface area contributed by atoms with Crippen molar-refractivity contribution in [2.75, 3.05) is 26.2 Å². The molecular weight excluding hydrogens is 630 g/mol. The van der Waals surface area contributed by atoms with Crippen LogP contribution in [0.3, 0.4) is 0 Å². The van der Waals surface area contributed by atoms with Gasteiger partial charge in [-0.15, -0.1) is 32.8 Å². The van der Waals surface area contributed by atoms with E-state index >= 15 is 0 Å². The smallest absolute Gasteiger partial charge is 0.406 e. The number of nitrogens with zero attached hydrogens (tertiary/aromatic N) is 2. The maximum atomic E-state index is 13.3. The summed E-state index contributed by atoms with van der Waals surface area (Å²) >= 11 is 0. The Morgan fingerprint density at radius 2 is 1.33 bits per heavy atom. The van der Waals surface area contributed by atoms with Gasteiger partial charge in [0, 0.05) is 44.6 Å². The molecule has 2 saturated heterocycles.